The molecule has 3 aromatic rings. The summed E-state index contributed by atoms with van der Waals surface area (Å²) >= 11 is 0. The first kappa shape index (κ1) is 24.3. The molecular formula is C26H19F3N8O2. The van der Waals surface area contributed by atoms with Crippen molar-refractivity contribution < 1.29 is 22.4 Å². The van der Waals surface area contributed by atoms with Crippen molar-refractivity contribution in [2.75, 3.05) is 17.2 Å². The first-order valence-corrected chi connectivity index (χ1v) is 11.8. The predicted octanol–water partition coefficient (Wildman–Crippen LogP) is 4.67. The van der Waals surface area contributed by atoms with Gasteiger partial charge in [-0.2, -0.15) is 23.1 Å². The maximum Gasteiger partial charge on any atom is 0.416 e. The highest BCUT2D eigenvalue weighted by molar-refractivity contribution is 6.03. The van der Waals surface area contributed by atoms with Crippen LogP contribution in [0.3, 0.4) is 0 Å². The van der Waals surface area contributed by atoms with Crippen molar-refractivity contribution in [3.63, 3.8) is 0 Å². The van der Waals surface area contributed by atoms with Gasteiger partial charge in [0, 0.05) is 42.3 Å². The van der Waals surface area contributed by atoms with Gasteiger partial charge in [0.25, 0.3) is 11.5 Å². The van der Waals surface area contributed by atoms with Crippen molar-refractivity contribution in [1.29, 1.82) is 0 Å². The van der Waals surface area contributed by atoms with Gasteiger partial charge in [-0.25, -0.2) is 9.97 Å². The van der Waals surface area contributed by atoms with Crippen molar-refractivity contribution in [2.45, 2.75) is 19.6 Å². The molecule has 196 valence electrons. The van der Waals surface area contributed by atoms with Gasteiger partial charge in [-0.05, 0) is 48.4 Å². The van der Waals surface area contributed by atoms with Crippen LogP contribution in [-0.4, -0.2) is 37.0 Å². The van der Waals surface area contributed by atoms with E-state index in [-0.39, 0.29) is 17.3 Å². The van der Waals surface area contributed by atoms with E-state index < -0.39 is 17.6 Å². The summed E-state index contributed by atoms with van der Waals surface area (Å²) in [6, 6.07) is 8.93. The Morgan fingerprint density at radius 2 is 1.97 bits per heavy atom. The lowest BCUT2D eigenvalue weighted by Crippen LogP contribution is -2.17. The molecule has 1 aromatic carbocycles. The lowest BCUT2D eigenvalue weighted by molar-refractivity contribution is -0.137. The Morgan fingerprint density at radius 3 is 2.77 bits per heavy atom. The molecule has 0 aliphatic carbocycles. The average molecular weight is 532 g/mol. The number of amides is 1. The quantitative estimate of drug-likeness (QED) is 0.345. The number of oxazole rings is 1. The largest absolute Gasteiger partial charge is 0.431 e. The SMILES string of the molecule is Cc1ccc(NC(=O)c2cc(C(F)(F)F)ccn2)cc1-c1cc2cnc(=Nc3ncco3)nc-2n2c1NCC2. The first-order valence-electron chi connectivity index (χ1n) is 11.8. The monoisotopic (exact) mass is 532 g/mol. The summed E-state index contributed by atoms with van der Waals surface area (Å²) in [6.07, 6.45) is 0.949. The molecule has 0 bridgehead atoms. The zero-order valence-electron chi connectivity index (χ0n) is 20.3. The molecule has 2 N–H and O–H groups in total. The minimum absolute atomic E-state index is 0.153. The molecule has 13 heteroatoms. The molecule has 0 saturated carbocycles. The molecule has 0 atom stereocenters. The van der Waals surface area contributed by atoms with Crippen molar-refractivity contribution in [3.8, 4) is 22.5 Å². The summed E-state index contributed by atoms with van der Waals surface area (Å²) in [7, 11) is 0. The summed E-state index contributed by atoms with van der Waals surface area (Å²) in [5.41, 5.74) is 2.71. The van der Waals surface area contributed by atoms with Gasteiger partial charge in [0.15, 0.2) is 0 Å². The van der Waals surface area contributed by atoms with Crippen LogP contribution in [0.4, 0.5) is 30.7 Å². The van der Waals surface area contributed by atoms with Crippen molar-refractivity contribution in [1.82, 2.24) is 24.5 Å². The standard InChI is InChI=1S/C26H19F3N8O2/c1-14-2-3-17(34-23(38)20-11-16(4-5-30-20)26(27,28)29)12-18(14)19-10-15-13-33-24(36-25-32-7-9-39-25)35-21(15)37-8-6-31-22(19)37/h2-5,7,9-13,31H,6,8H2,1H3,(H,34,38). The maximum absolute atomic E-state index is 13.1. The van der Waals surface area contributed by atoms with Crippen LogP contribution in [-0.2, 0) is 12.7 Å². The van der Waals surface area contributed by atoms with Crippen LogP contribution in [0.25, 0.3) is 22.5 Å². The molecule has 5 heterocycles. The number of hydrogen-bond acceptors (Lipinski definition) is 8. The van der Waals surface area contributed by atoms with Gasteiger partial charge in [-0.3, -0.25) is 9.78 Å². The number of carbonyl (C=O) groups is 1. The Kier molecular flexibility index (Phi) is 5.82. The summed E-state index contributed by atoms with van der Waals surface area (Å²) < 4.78 is 46.4. The summed E-state index contributed by atoms with van der Waals surface area (Å²) in [5, 5.41) is 6.05. The average Bonchev–Trinajstić information content (AvgIpc) is 3.62. The molecule has 39 heavy (non-hydrogen) atoms. The molecule has 0 spiro atoms. The fraction of sp³-hybridized carbons (Fsp3) is 0.154. The minimum Gasteiger partial charge on any atom is -0.431 e. The van der Waals surface area contributed by atoms with E-state index in [4.69, 9.17) is 4.42 Å². The lowest BCUT2D eigenvalue weighted by Gasteiger charge is -2.19. The number of halogens is 3. The van der Waals surface area contributed by atoms with E-state index in [2.05, 4.69) is 35.6 Å². The molecular weight excluding hydrogens is 513 g/mol. The van der Waals surface area contributed by atoms with Crippen LogP contribution in [0.2, 0.25) is 0 Å². The van der Waals surface area contributed by atoms with Crippen LogP contribution in [0, 0.1) is 6.92 Å². The van der Waals surface area contributed by atoms with Gasteiger partial charge in [-0.15, -0.1) is 0 Å². The number of nitrogens with one attached hydrogen (secondary N) is 2. The van der Waals surface area contributed by atoms with Gasteiger partial charge >= 0.3 is 12.2 Å². The van der Waals surface area contributed by atoms with Gasteiger partial charge in [0.1, 0.15) is 23.6 Å². The number of aromatic nitrogens is 5. The number of anilines is 2. The Bertz CT molecular complexity index is 1750. The molecule has 10 nitrogen and oxygen atoms in total. The summed E-state index contributed by atoms with van der Waals surface area (Å²) in [5.74, 6) is 0.758. The maximum atomic E-state index is 13.1. The fourth-order valence-corrected chi connectivity index (χ4v) is 4.39. The predicted molar refractivity (Wildman–Crippen MR) is 134 cm³/mol. The third-order valence-corrected chi connectivity index (χ3v) is 6.21. The van der Waals surface area contributed by atoms with Gasteiger partial charge < -0.3 is 19.6 Å². The molecule has 3 aliphatic rings. The third-order valence-electron chi connectivity index (χ3n) is 6.21. The number of alkyl halides is 3. The molecule has 6 rings (SSSR count). The fourth-order valence-electron chi connectivity index (χ4n) is 4.39. The topological polar surface area (TPSA) is 123 Å². The molecule has 3 aliphatic heterocycles. The second-order valence-corrected chi connectivity index (χ2v) is 8.77. The van der Waals surface area contributed by atoms with Gasteiger partial charge in [-0.1, -0.05) is 6.07 Å². The molecule has 2 aromatic heterocycles. The van der Waals surface area contributed by atoms with Crippen LogP contribution < -0.4 is 16.3 Å². The van der Waals surface area contributed by atoms with E-state index >= 15 is 0 Å². The van der Waals surface area contributed by atoms with Crippen LogP contribution in [0.5, 0.6) is 0 Å². The number of benzene rings is 1. The Hall–Kier alpha value is -5.07. The first-order chi connectivity index (χ1) is 18.8. The Morgan fingerprint density at radius 1 is 1.10 bits per heavy atom. The zero-order chi connectivity index (χ0) is 27.1. The number of carbonyl (C=O) groups excluding carboxylic acids is 1. The van der Waals surface area contributed by atoms with E-state index in [1.165, 1.54) is 12.5 Å². The minimum atomic E-state index is -4.58. The number of hydrogen-bond donors (Lipinski definition) is 2. The van der Waals surface area contributed by atoms with Gasteiger partial charge in [0.2, 0.25) is 0 Å². The molecule has 0 unspecified atom stereocenters. The lowest BCUT2D eigenvalue weighted by atomic mass is 9.98. The second kappa shape index (κ2) is 9.35. The highest BCUT2D eigenvalue weighted by Gasteiger charge is 2.31. The smallest absolute Gasteiger partial charge is 0.416 e. The summed E-state index contributed by atoms with van der Waals surface area (Å²) in [4.78, 5) is 33.6. The van der Waals surface area contributed by atoms with E-state index in [0.717, 1.165) is 46.4 Å². The number of fused-ring (bicyclic) bond motifs is 3. The van der Waals surface area contributed by atoms with E-state index in [1.54, 1.807) is 18.3 Å². The summed E-state index contributed by atoms with van der Waals surface area (Å²) in [6.45, 7) is 3.27. The van der Waals surface area contributed by atoms with Crippen LogP contribution in [0.15, 0.2) is 70.7 Å². The number of rotatable bonds is 4. The highest BCUT2D eigenvalue weighted by atomic mass is 19.4. The van der Waals surface area contributed by atoms with Gasteiger partial charge in [0.05, 0.1) is 11.8 Å². The molecule has 1 amide bonds. The van der Waals surface area contributed by atoms with Crippen molar-refractivity contribution in [2.24, 2.45) is 4.99 Å². The van der Waals surface area contributed by atoms with E-state index in [9.17, 15) is 18.0 Å². The third kappa shape index (κ3) is 4.69. The zero-order valence-corrected chi connectivity index (χ0v) is 20.3. The Labute approximate surface area is 218 Å². The van der Waals surface area contributed by atoms with Crippen LogP contribution >= 0.6 is 0 Å². The second-order valence-electron chi connectivity index (χ2n) is 8.77. The van der Waals surface area contributed by atoms with Crippen molar-refractivity contribution >= 4 is 23.4 Å². The number of pyridine rings is 2. The van der Waals surface area contributed by atoms with Crippen molar-refractivity contribution in [3.05, 3.63) is 83.7 Å². The molecule has 0 saturated heterocycles. The molecule has 0 radical (unpaired) electrons. The number of nitrogens with zero attached hydrogens (tertiary/aromatic N) is 6. The highest BCUT2D eigenvalue weighted by Crippen LogP contribution is 2.39. The van der Waals surface area contributed by atoms with Crippen LogP contribution in [0.1, 0.15) is 21.6 Å². The van der Waals surface area contributed by atoms with E-state index in [1.807, 2.05) is 23.6 Å². The normalized spacial score (nSPS) is 13.4. The Balaban J connectivity index is 1.38. The van der Waals surface area contributed by atoms with E-state index in [0.29, 0.717) is 24.6 Å². The number of aryl methyl sites for hydroxylation is 1. The molecule has 0 fully saturated rings.